The Morgan fingerprint density at radius 1 is 0.657 bits per heavy atom. The van der Waals surface area contributed by atoms with Gasteiger partial charge in [-0.1, -0.05) is 76.6 Å². The Bertz CT molecular complexity index is 1430. The van der Waals surface area contributed by atoms with Crippen LogP contribution in [0.1, 0.15) is 11.1 Å². The van der Waals surface area contributed by atoms with Gasteiger partial charge < -0.3 is 14.8 Å². The third-order valence-corrected chi connectivity index (χ3v) is 6.70. The van der Waals surface area contributed by atoms with Crippen molar-refractivity contribution in [2.75, 3.05) is 5.32 Å². The number of ether oxygens (including phenoxy) is 2. The van der Waals surface area contributed by atoms with Crippen molar-refractivity contribution in [1.29, 1.82) is 0 Å². The van der Waals surface area contributed by atoms with Crippen molar-refractivity contribution in [3.8, 4) is 17.2 Å². The zero-order valence-corrected chi connectivity index (χ0v) is 22.1. The SMILES string of the molecule is Brc1cc(Br)c(OCc2cccc3ccccc23)c(CNc2ccc(Oc3ccccc3)cc2)c1. The lowest BCUT2D eigenvalue weighted by atomic mass is 10.1. The number of benzene rings is 5. The van der Waals surface area contributed by atoms with E-state index in [-0.39, 0.29) is 0 Å². The minimum atomic E-state index is 0.486. The monoisotopic (exact) mass is 587 g/mol. The van der Waals surface area contributed by atoms with Gasteiger partial charge in [0.15, 0.2) is 0 Å². The molecule has 0 fully saturated rings. The zero-order chi connectivity index (χ0) is 24.0. The van der Waals surface area contributed by atoms with Crippen LogP contribution in [-0.2, 0) is 13.2 Å². The molecule has 0 spiro atoms. The molecular weight excluding hydrogens is 566 g/mol. The lowest BCUT2D eigenvalue weighted by Crippen LogP contribution is -2.05. The topological polar surface area (TPSA) is 30.5 Å². The number of rotatable bonds is 8. The summed E-state index contributed by atoms with van der Waals surface area (Å²) in [6.45, 7) is 1.10. The van der Waals surface area contributed by atoms with E-state index in [0.29, 0.717) is 13.2 Å². The van der Waals surface area contributed by atoms with E-state index in [9.17, 15) is 0 Å². The Morgan fingerprint density at radius 2 is 1.37 bits per heavy atom. The Labute approximate surface area is 222 Å². The van der Waals surface area contributed by atoms with Crippen LogP contribution in [0.15, 0.2) is 118 Å². The van der Waals surface area contributed by atoms with Crippen molar-refractivity contribution in [3.05, 3.63) is 129 Å². The van der Waals surface area contributed by atoms with Crippen LogP contribution in [-0.4, -0.2) is 0 Å². The molecule has 0 radical (unpaired) electrons. The molecular formula is C30H23Br2NO2. The normalized spacial score (nSPS) is 10.8. The Kier molecular flexibility index (Phi) is 7.36. The highest BCUT2D eigenvalue weighted by Crippen LogP contribution is 2.35. The molecule has 1 N–H and O–H groups in total. The molecule has 0 saturated carbocycles. The highest BCUT2D eigenvalue weighted by molar-refractivity contribution is 9.11. The van der Waals surface area contributed by atoms with Crippen LogP contribution >= 0.6 is 31.9 Å². The fourth-order valence-corrected chi connectivity index (χ4v) is 5.37. The number of nitrogens with one attached hydrogen (secondary N) is 1. The molecule has 5 aromatic carbocycles. The Balaban J connectivity index is 1.29. The molecule has 0 heterocycles. The minimum Gasteiger partial charge on any atom is -0.487 e. The number of anilines is 1. The van der Waals surface area contributed by atoms with Gasteiger partial charge in [0.05, 0.1) is 4.47 Å². The number of fused-ring (bicyclic) bond motifs is 1. The van der Waals surface area contributed by atoms with E-state index in [0.717, 1.165) is 43.0 Å². The van der Waals surface area contributed by atoms with Gasteiger partial charge in [0.2, 0.25) is 0 Å². The predicted octanol–water partition coefficient (Wildman–Crippen LogP) is 9.35. The second kappa shape index (κ2) is 11.0. The second-order valence-electron chi connectivity index (χ2n) is 8.10. The van der Waals surface area contributed by atoms with E-state index in [1.54, 1.807) is 0 Å². The molecule has 0 unspecified atom stereocenters. The summed E-state index contributed by atoms with van der Waals surface area (Å²) in [7, 11) is 0. The molecule has 0 bridgehead atoms. The number of hydrogen-bond donors (Lipinski definition) is 1. The maximum Gasteiger partial charge on any atom is 0.139 e. The first-order chi connectivity index (χ1) is 17.2. The molecule has 0 aliphatic carbocycles. The van der Waals surface area contributed by atoms with E-state index in [2.05, 4.69) is 85.7 Å². The Morgan fingerprint density at radius 3 is 2.20 bits per heavy atom. The van der Waals surface area contributed by atoms with Crippen LogP contribution in [0.4, 0.5) is 5.69 Å². The third kappa shape index (κ3) is 5.87. The fraction of sp³-hybridized carbons (Fsp3) is 0.0667. The minimum absolute atomic E-state index is 0.486. The maximum absolute atomic E-state index is 6.36. The summed E-state index contributed by atoms with van der Waals surface area (Å²) in [5.74, 6) is 2.45. The van der Waals surface area contributed by atoms with Crippen molar-refractivity contribution in [2.45, 2.75) is 13.2 Å². The molecule has 5 aromatic rings. The summed E-state index contributed by atoms with van der Waals surface area (Å²) in [5, 5.41) is 5.92. The molecule has 0 aliphatic rings. The highest BCUT2D eigenvalue weighted by Gasteiger charge is 2.12. The summed E-state index contributed by atoms with van der Waals surface area (Å²) in [4.78, 5) is 0. The number of hydrogen-bond acceptors (Lipinski definition) is 3. The standard InChI is InChI=1S/C30H23Br2NO2/c31-24-17-23(19-33-25-13-15-27(16-14-25)35-26-10-2-1-3-11-26)30(29(32)18-24)34-20-22-9-6-8-21-7-4-5-12-28(21)22/h1-18,33H,19-20H2. The average molecular weight is 589 g/mol. The van der Waals surface area contributed by atoms with Crippen LogP contribution in [0.3, 0.4) is 0 Å². The maximum atomic E-state index is 6.36. The summed E-state index contributed by atoms with van der Waals surface area (Å²) in [6.07, 6.45) is 0. The van der Waals surface area contributed by atoms with Gasteiger partial charge in [-0.2, -0.15) is 0 Å². The smallest absolute Gasteiger partial charge is 0.139 e. The quantitative estimate of drug-likeness (QED) is 0.196. The number of halogens is 2. The molecule has 5 rings (SSSR count). The second-order valence-corrected chi connectivity index (χ2v) is 9.87. The van der Waals surface area contributed by atoms with Crippen LogP contribution in [0.25, 0.3) is 10.8 Å². The summed E-state index contributed by atoms with van der Waals surface area (Å²) in [5.41, 5.74) is 3.21. The van der Waals surface area contributed by atoms with E-state index < -0.39 is 0 Å². The van der Waals surface area contributed by atoms with Gasteiger partial charge in [0.1, 0.15) is 23.9 Å². The van der Waals surface area contributed by atoms with Crippen LogP contribution < -0.4 is 14.8 Å². The lowest BCUT2D eigenvalue weighted by molar-refractivity contribution is 0.302. The van der Waals surface area contributed by atoms with Crippen molar-refractivity contribution in [3.63, 3.8) is 0 Å². The molecule has 3 nitrogen and oxygen atoms in total. The first-order valence-corrected chi connectivity index (χ1v) is 12.9. The van der Waals surface area contributed by atoms with Gasteiger partial charge in [-0.05, 0) is 80.8 Å². The average Bonchev–Trinajstić information content (AvgIpc) is 2.88. The summed E-state index contributed by atoms with van der Waals surface area (Å²) in [6, 6.07) is 36.5. The first kappa shape index (κ1) is 23.5. The third-order valence-electron chi connectivity index (χ3n) is 5.65. The van der Waals surface area contributed by atoms with Crippen molar-refractivity contribution in [1.82, 2.24) is 0 Å². The van der Waals surface area contributed by atoms with E-state index in [4.69, 9.17) is 9.47 Å². The zero-order valence-electron chi connectivity index (χ0n) is 18.9. The van der Waals surface area contributed by atoms with Crippen LogP contribution in [0.2, 0.25) is 0 Å². The van der Waals surface area contributed by atoms with Crippen LogP contribution in [0.5, 0.6) is 17.2 Å². The van der Waals surface area contributed by atoms with Gasteiger partial charge in [-0.15, -0.1) is 0 Å². The molecule has 35 heavy (non-hydrogen) atoms. The largest absolute Gasteiger partial charge is 0.487 e. The lowest BCUT2D eigenvalue weighted by Gasteiger charge is -2.16. The summed E-state index contributed by atoms with van der Waals surface area (Å²) < 4.78 is 14.2. The van der Waals surface area contributed by atoms with E-state index in [1.807, 2.05) is 60.7 Å². The number of para-hydroxylation sites is 1. The summed E-state index contributed by atoms with van der Waals surface area (Å²) >= 11 is 7.30. The van der Waals surface area contributed by atoms with E-state index >= 15 is 0 Å². The molecule has 174 valence electrons. The van der Waals surface area contributed by atoms with Crippen molar-refractivity contribution in [2.24, 2.45) is 0 Å². The highest BCUT2D eigenvalue weighted by atomic mass is 79.9. The molecule has 0 saturated heterocycles. The van der Waals surface area contributed by atoms with Crippen molar-refractivity contribution >= 4 is 48.3 Å². The molecule has 5 heteroatoms. The first-order valence-electron chi connectivity index (χ1n) is 11.3. The van der Waals surface area contributed by atoms with Crippen LogP contribution in [0, 0.1) is 0 Å². The van der Waals surface area contributed by atoms with Gasteiger partial charge >= 0.3 is 0 Å². The van der Waals surface area contributed by atoms with Crippen molar-refractivity contribution < 1.29 is 9.47 Å². The molecule has 0 aromatic heterocycles. The molecule has 0 atom stereocenters. The predicted molar refractivity (Wildman–Crippen MR) is 150 cm³/mol. The van der Waals surface area contributed by atoms with Gasteiger partial charge in [0, 0.05) is 22.3 Å². The van der Waals surface area contributed by atoms with Gasteiger partial charge in [-0.3, -0.25) is 0 Å². The van der Waals surface area contributed by atoms with Gasteiger partial charge in [0.25, 0.3) is 0 Å². The van der Waals surface area contributed by atoms with Gasteiger partial charge in [-0.25, -0.2) is 0 Å². The Hall–Kier alpha value is -3.28. The fourth-order valence-electron chi connectivity index (χ4n) is 3.94. The van der Waals surface area contributed by atoms with E-state index in [1.165, 1.54) is 10.8 Å². The molecule has 0 amide bonds. The molecule has 0 aliphatic heterocycles.